The van der Waals surface area contributed by atoms with E-state index in [9.17, 15) is 13.3 Å². The summed E-state index contributed by atoms with van der Waals surface area (Å²) < 4.78 is 48.8. The van der Waals surface area contributed by atoms with Crippen molar-refractivity contribution in [2.75, 3.05) is 0 Å². The fraction of sp³-hybridized carbons (Fsp3) is 0.167. The van der Waals surface area contributed by atoms with Crippen molar-refractivity contribution < 1.29 is 22.4 Å². The van der Waals surface area contributed by atoms with Crippen molar-refractivity contribution in [1.82, 2.24) is 9.97 Å². The molecule has 0 aromatic carbocycles. The zero-order chi connectivity index (χ0) is 16.1. The van der Waals surface area contributed by atoms with Crippen LogP contribution in [0.4, 0.5) is 8.78 Å². The molecule has 22 heavy (non-hydrogen) atoms. The third-order valence-corrected chi connectivity index (χ3v) is 3.89. The number of hydrogen-bond acceptors (Lipinski definition) is 5. The van der Waals surface area contributed by atoms with Crippen LogP contribution in [0.2, 0.25) is 0 Å². The number of halogens is 4. The zero-order valence-electron chi connectivity index (χ0n) is 10.7. The van der Waals surface area contributed by atoms with E-state index in [-0.39, 0.29) is 11.4 Å². The monoisotopic (exact) mass is 455 g/mol. The first-order chi connectivity index (χ1) is 10.5. The van der Waals surface area contributed by atoms with E-state index in [1.54, 1.807) is 12.1 Å². The molecule has 0 amide bonds. The molecule has 2 aromatic rings. The van der Waals surface area contributed by atoms with Crippen LogP contribution in [0.3, 0.4) is 0 Å². The summed E-state index contributed by atoms with van der Waals surface area (Å²) in [7, 11) is -3.04. The summed E-state index contributed by atoms with van der Waals surface area (Å²) in [5, 5.41) is 0. The van der Waals surface area contributed by atoms with Gasteiger partial charge in [0.15, 0.2) is 0 Å². The Morgan fingerprint density at radius 3 is 1.68 bits per heavy atom. The lowest BCUT2D eigenvalue weighted by Gasteiger charge is -2.03. The van der Waals surface area contributed by atoms with Crippen LogP contribution < -0.4 is 0 Å². The van der Waals surface area contributed by atoms with E-state index in [1.165, 1.54) is 24.3 Å². The Labute approximate surface area is 142 Å². The van der Waals surface area contributed by atoms with E-state index in [1.807, 2.05) is 0 Å². The van der Waals surface area contributed by atoms with Gasteiger partial charge >= 0.3 is 8.25 Å². The highest BCUT2D eigenvalue weighted by molar-refractivity contribution is 9.10. The fourth-order valence-electron chi connectivity index (χ4n) is 1.38. The van der Waals surface area contributed by atoms with Crippen molar-refractivity contribution in [2.45, 2.75) is 12.7 Å². The molecule has 116 valence electrons. The first-order valence-electron chi connectivity index (χ1n) is 5.79. The number of nitrogens with zero attached hydrogens (tertiary/aromatic N) is 2. The molecule has 2 heterocycles. The highest BCUT2D eigenvalue weighted by atomic mass is 79.9. The van der Waals surface area contributed by atoms with Crippen molar-refractivity contribution in [3.63, 3.8) is 0 Å². The number of rotatable bonds is 6. The average molecular weight is 457 g/mol. The fourth-order valence-corrected chi connectivity index (χ4v) is 2.67. The van der Waals surface area contributed by atoms with Gasteiger partial charge in [0.2, 0.25) is 0 Å². The van der Waals surface area contributed by atoms with E-state index < -0.39 is 21.0 Å². The topological polar surface area (TPSA) is 61.3 Å². The van der Waals surface area contributed by atoms with Gasteiger partial charge in [-0.1, -0.05) is 21.2 Å². The van der Waals surface area contributed by atoms with Gasteiger partial charge in [0.25, 0.3) is 12.7 Å². The van der Waals surface area contributed by atoms with Gasteiger partial charge in [-0.2, -0.15) is 0 Å². The largest absolute Gasteiger partial charge is 0.704 e. The van der Waals surface area contributed by atoms with Crippen LogP contribution in [0.5, 0.6) is 0 Å². The van der Waals surface area contributed by atoms with Crippen LogP contribution in [-0.4, -0.2) is 9.97 Å². The van der Waals surface area contributed by atoms with Gasteiger partial charge < -0.3 is 0 Å². The van der Waals surface area contributed by atoms with Crippen LogP contribution in [0.1, 0.15) is 24.1 Å². The van der Waals surface area contributed by atoms with Crippen molar-refractivity contribution in [3.8, 4) is 0 Å². The lowest BCUT2D eigenvalue weighted by atomic mass is 10.4. The summed E-state index contributed by atoms with van der Waals surface area (Å²) >= 11 is 6.13. The van der Waals surface area contributed by atoms with Crippen LogP contribution in [0.15, 0.2) is 45.6 Å². The van der Waals surface area contributed by atoms with Crippen LogP contribution in [0.25, 0.3) is 0 Å². The van der Waals surface area contributed by atoms with E-state index in [2.05, 4.69) is 50.9 Å². The molecule has 0 bridgehead atoms. The summed E-state index contributed by atoms with van der Waals surface area (Å²) in [4.78, 5) is 7.59. The smallest absolute Gasteiger partial charge is 0.240 e. The Hall–Kier alpha value is -0.860. The second-order valence-corrected chi connectivity index (χ2v) is 6.33. The van der Waals surface area contributed by atoms with Crippen LogP contribution in [-0.2, 0) is 13.6 Å². The quantitative estimate of drug-likeness (QED) is 0.434. The Bertz CT molecular complexity index is 625. The van der Waals surface area contributed by atoms with Crippen molar-refractivity contribution in [3.05, 3.63) is 57.0 Å². The van der Waals surface area contributed by atoms with Gasteiger partial charge in [0, 0.05) is 4.57 Å². The Morgan fingerprint density at radius 2 is 1.32 bits per heavy atom. The third kappa shape index (κ3) is 5.10. The molecule has 0 N–H and O–H groups in total. The molecule has 0 saturated heterocycles. The summed E-state index contributed by atoms with van der Waals surface area (Å²) in [6.45, 7) is 0. The predicted octanol–water partition coefficient (Wildman–Crippen LogP) is 5.33. The van der Waals surface area contributed by atoms with Gasteiger partial charge in [-0.15, -0.1) is 0 Å². The molecular weight excluding hydrogens is 449 g/mol. The molecule has 2 atom stereocenters. The van der Waals surface area contributed by atoms with Crippen molar-refractivity contribution in [2.24, 2.45) is 0 Å². The lowest BCUT2D eigenvalue weighted by molar-refractivity contribution is 0.00905. The molecule has 0 radical (unpaired) electrons. The van der Waals surface area contributed by atoms with Gasteiger partial charge in [-0.25, -0.2) is 18.7 Å². The molecule has 10 heteroatoms. The first kappa shape index (κ1) is 17.5. The second kappa shape index (κ2) is 8.12. The van der Waals surface area contributed by atoms with Crippen molar-refractivity contribution in [1.29, 1.82) is 0 Å². The summed E-state index contributed by atoms with van der Waals surface area (Å²) in [6, 6.07) is 8.90. The number of alkyl halides is 2. The molecule has 0 saturated carbocycles. The minimum absolute atomic E-state index is 0.114. The van der Waals surface area contributed by atoms with Gasteiger partial charge in [0.1, 0.15) is 20.6 Å². The van der Waals surface area contributed by atoms with Gasteiger partial charge in [-0.05, 0) is 56.1 Å². The molecule has 0 aliphatic carbocycles. The normalized spacial score (nSPS) is 14.5. The molecule has 2 unspecified atom stereocenters. The van der Waals surface area contributed by atoms with Gasteiger partial charge in [-0.3, -0.25) is 0 Å². The van der Waals surface area contributed by atoms with E-state index in [4.69, 9.17) is 0 Å². The van der Waals surface area contributed by atoms with Gasteiger partial charge in [0.05, 0.1) is 0 Å². The SMILES string of the molecule is O=[P+](OC(F)c1cccc(Br)n1)OC(F)c1cccc(Br)n1. The molecule has 0 aliphatic heterocycles. The summed E-state index contributed by atoms with van der Waals surface area (Å²) in [5.74, 6) is 0. The second-order valence-electron chi connectivity index (χ2n) is 3.84. The number of hydrogen-bond donors (Lipinski definition) is 0. The van der Waals surface area contributed by atoms with Crippen molar-refractivity contribution >= 4 is 40.1 Å². The number of pyridine rings is 2. The molecule has 2 aromatic heterocycles. The molecule has 0 aliphatic rings. The molecule has 5 nitrogen and oxygen atoms in total. The molecule has 0 fully saturated rings. The average Bonchev–Trinajstić information content (AvgIpc) is 2.47. The van der Waals surface area contributed by atoms with E-state index in [0.29, 0.717) is 9.21 Å². The maximum Gasteiger partial charge on any atom is 0.704 e. The third-order valence-electron chi connectivity index (χ3n) is 2.30. The highest BCUT2D eigenvalue weighted by Gasteiger charge is 2.34. The summed E-state index contributed by atoms with van der Waals surface area (Å²) in [6.07, 6.45) is -4.22. The Morgan fingerprint density at radius 1 is 0.909 bits per heavy atom. The number of aromatic nitrogens is 2. The predicted molar refractivity (Wildman–Crippen MR) is 81.3 cm³/mol. The van der Waals surface area contributed by atoms with Crippen LogP contribution >= 0.6 is 40.1 Å². The van der Waals surface area contributed by atoms with E-state index in [0.717, 1.165) is 0 Å². The molecule has 0 spiro atoms. The first-order valence-corrected chi connectivity index (χ1v) is 8.47. The lowest BCUT2D eigenvalue weighted by Crippen LogP contribution is -2.00. The Balaban J connectivity index is 1.95. The standard InChI is InChI=1S/C12H8Br2F2N2O3P/c13-9-5-1-3-7(17-9)11(15)20-22(19)21-12(16)8-4-2-6-10(14)18-8/h1-6,11-12H/q+1. The maximum atomic E-state index is 13.8. The minimum atomic E-state index is -3.04. The maximum absolute atomic E-state index is 13.8. The molecule has 2 rings (SSSR count). The highest BCUT2D eigenvalue weighted by Crippen LogP contribution is 2.38. The minimum Gasteiger partial charge on any atom is -0.240 e. The van der Waals surface area contributed by atoms with Crippen LogP contribution in [0, 0.1) is 0 Å². The molecular formula is C12H8Br2F2N2O3P+. The summed E-state index contributed by atoms with van der Waals surface area (Å²) in [5.41, 5.74) is -0.227. The zero-order valence-corrected chi connectivity index (χ0v) is 14.8. The Kier molecular flexibility index (Phi) is 6.46. The van der Waals surface area contributed by atoms with E-state index >= 15 is 0 Å².